The summed E-state index contributed by atoms with van der Waals surface area (Å²) in [6.45, 7) is 0. The Kier molecular flexibility index (Phi) is 2.91. The van der Waals surface area contributed by atoms with Crippen molar-refractivity contribution in [3.63, 3.8) is 0 Å². The maximum absolute atomic E-state index is 10.6. The molecule has 1 heterocycles. The molecule has 0 aliphatic carbocycles. The molecule has 0 saturated carbocycles. The molecule has 2 rings (SSSR count). The van der Waals surface area contributed by atoms with Crippen LogP contribution >= 0.6 is 0 Å². The average Bonchev–Trinajstić information content (AvgIpc) is 2.82. The summed E-state index contributed by atoms with van der Waals surface area (Å²) >= 11 is 0. The Balaban J connectivity index is 2.30. The van der Waals surface area contributed by atoms with Crippen LogP contribution in [0.1, 0.15) is 10.4 Å². The Morgan fingerprint density at radius 2 is 2.12 bits per heavy atom. The van der Waals surface area contributed by atoms with Crippen LogP contribution in [0.15, 0.2) is 41.0 Å². The number of ether oxygens (including phenoxy) is 2. The average molecular weight is 218 g/mol. The molecule has 2 aromatic rings. The second kappa shape index (κ2) is 4.53. The molecule has 0 saturated heterocycles. The second-order valence-electron chi connectivity index (χ2n) is 3.06. The van der Waals surface area contributed by atoms with E-state index in [2.05, 4.69) is 0 Å². The highest BCUT2D eigenvalue weighted by atomic mass is 16.6. The van der Waals surface area contributed by atoms with E-state index in [-0.39, 0.29) is 0 Å². The van der Waals surface area contributed by atoms with Crippen molar-refractivity contribution in [2.75, 3.05) is 7.11 Å². The van der Waals surface area contributed by atoms with Gasteiger partial charge in [-0.3, -0.25) is 4.79 Å². The van der Waals surface area contributed by atoms with E-state index in [1.54, 1.807) is 30.3 Å². The fourth-order valence-electron chi connectivity index (χ4n) is 1.27. The number of carbonyl (C=O) groups excluding carboxylic acids is 1. The van der Waals surface area contributed by atoms with Crippen molar-refractivity contribution in [3.05, 3.63) is 42.2 Å². The van der Waals surface area contributed by atoms with Gasteiger partial charge in [0.15, 0.2) is 11.5 Å². The normalized spacial score (nSPS) is 9.81. The molecule has 1 aromatic heterocycles. The first-order valence-electron chi connectivity index (χ1n) is 4.68. The number of carbonyl (C=O) groups is 1. The summed E-state index contributed by atoms with van der Waals surface area (Å²) in [5, 5.41) is 0. The van der Waals surface area contributed by atoms with Crippen molar-refractivity contribution in [3.8, 4) is 17.4 Å². The van der Waals surface area contributed by atoms with Gasteiger partial charge in [-0.05, 0) is 24.3 Å². The topological polar surface area (TPSA) is 48.7 Å². The van der Waals surface area contributed by atoms with Gasteiger partial charge in [0.05, 0.1) is 13.4 Å². The van der Waals surface area contributed by atoms with Gasteiger partial charge >= 0.3 is 0 Å². The Labute approximate surface area is 92.4 Å². The van der Waals surface area contributed by atoms with Crippen LogP contribution in [0.5, 0.6) is 17.4 Å². The van der Waals surface area contributed by atoms with E-state index >= 15 is 0 Å². The van der Waals surface area contributed by atoms with Crippen molar-refractivity contribution in [1.82, 2.24) is 0 Å². The monoisotopic (exact) mass is 218 g/mol. The highest BCUT2D eigenvalue weighted by Crippen LogP contribution is 2.31. The molecule has 82 valence electrons. The zero-order valence-electron chi connectivity index (χ0n) is 8.67. The highest BCUT2D eigenvalue weighted by Gasteiger charge is 2.07. The van der Waals surface area contributed by atoms with Crippen LogP contribution in [0.4, 0.5) is 0 Å². The molecule has 0 unspecified atom stereocenters. The fraction of sp³-hybridized carbons (Fsp3) is 0.0833. The lowest BCUT2D eigenvalue weighted by Crippen LogP contribution is -1.91. The van der Waals surface area contributed by atoms with Gasteiger partial charge in [0, 0.05) is 11.6 Å². The first-order chi connectivity index (χ1) is 7.83. The van der Waals surface area contributed by atoms with E-state index in [1.807, 2.05) is 0 Å². The molecule has 0 N–H and O–H groups in total. The molecule has 0 fully saturated rings. The van der Waals surface area contributed by atoms with Crippen LogP contribution < -0.4 is 9.47 Å². The minimum Gasteiger partial charge on any atom is -0.493 e. The molecular formula is C12H10O4. The molecule has 0 aliphatic rings. The van der Waals surface area contributed by atoms with Gasteiger partial charge in [0.2, 0.25) is 0 Å². The van der Waals surface area contributed by atoms with Crippen molar-refractivity contribution >= 4 is 6.29 Å². The molecule has 4 nitrogen and oxygen atoms in total. The SMILES string of the molecule is COc1cc(C=O)ccc1Oc1ccco1. The zero-order chi connectivity index (χ0) is 11.4. The van der Waals surface area contributed by atoms with Crippen molar-refractivity contribution in [2.24, 2.45) is 0 Å². The van der Waals surface area contributed by atoms with E-state index in [9.17, 15) is 4.79 Å². The molecular weight excluding hydrogens is 208 g/mol. The number of furan rings is 1. The molecule has 0 radical (unpaired) electrons. The Bertz CT molecular complexity index is 474. The van der Waals surface area contributed by atoms with Gasteiger partial charge in [-0.25, -0.2) is 0 Å². The minimum absolute atomic E-state index is 0.372. The van der Waals surface area contributed by atoms with Crippen LogP contribution in [-0.4, -0.2) is 13.4 Å². The molecule has 0 atom stereocenters. The summed E-state index contributed by atoms with van der Waals surface area (Å²) in [5.74, 6) is 1.36. The lowest BCUT2D eigenvalue weighted by atomic mass is 10.2. The third-order valence-corrected chi connectivity index (χ3v) is 2.03. The first-order valence-corrected chi connectivity index (χ1v) is 4.68. The summed E-state index contributed by atoms with van der Waals surface area (Å²) in [6.07, 6.45) is 2.26. The van der Waals surface area contributed by atoms with Crippen molar-refractivity contribution in [1.29, 1.82) is 0 Å². The van der Waals surface area contributed by atoms with Crippen LogP contribution in [0.25, 0.3) is 0 Å². The maximum atomic E-state index is 10.6. The van der Waals surface area contributed by atoms with Crippen LogP contribution in [-0.2, 0) is 0 Å². The number of rotatable bonds is 4. The molecule has 0 spiro atoms. The predicted molar refractivity (Wildman–Crippen MR) is 57.2 cm³/mol. The third kappa shape index (κ3) is 2.06. The number of hydrogen-bond donors (Lipinski definition) is 0. The standard InChI is InChI=1S/C12H10O4/c1-14-11-7-9(8-13)4-5-10(11)16-12-3-2-6-15-12/h2-8H,1H3. The summed E-state index contributed by atoms with van der Waals surface area (Å²) in [4.78, 5) is 10.6. The van der Waals surface area contributed by atoms with E-state index in [4.69, 9.17) is 13.9 Å². The van der Waals surface area contributed by atoms with Gasteiger partial charge < -0.3 is 13.9 Å². The second-order valence-corrected chi connectivity index (χ2v) is 3.06. The maximum Gasteiger partial charge on any atom is 0.289 e. The molecule has 0 bridgehead atoms. The molecule has 16 heavy (non-hydrogen) atoms. The molecule has 0 amide bonds. The van der Waals surface area contributed by atoms with Crippen molar-refractivity contribution < 1.29 is 18.7 Å². The highest BCUT2D eigenvalue weighted by molar-refractivity contribution is 5.76. The smallest absolute Gasteiger partial charge is 0.289 e. The van der Waals surface area contributed by atoms with E-state index < -0.39 is 0 Å². The van der Waals surface area contributed by atoms with E-state index in [0.717, 1.165) is 6.29 Å². The Morgan fingerprint density at radius 1 is 1.25 bits per heavy atom. The molecule has 1 aromatic carbocycles. The zero-order valence-corrected chi connectivity index (χ0v) is 8.67. The molecule has 4 heteroatoms. The Hall–Kier alpha value is -2.23. The Morgan fingerprint density at radius 3 is 2.75 bits per heavy atom. The lowest BCUT2D eigenvalue weighted by molar-refractivity contribution is 0.112. The molecule has 0 aliphatic heterocycles. The predicted octanol–water partition coefficient (Wildman–Crippen LogP) is 2.89. The first kappa shape index (κ1) is 10.3. The number of benzene rings is 1. The number of aldehydes is 1. The van der Waals surface area contributed by atoms with Gasteiger partial charge in [0.1, 0.15) is 6.29 Å². The number of hydrogen-bond acceptors (Lipinski definition) is 4. The summed E-state index contributed by atoms with van der Waals surface area (Å²) in [7, 11) is 1.51. The van der Waals surface area contributed by atoms with Gasteiger partial charge in [-0.2, -0.15) is 0 Å². The van der Waals surface area contributed by atoms with E-state index in [1.165, 1.54) is 13.4 Å². The van der Waals surface area contributed by atoms with Crippen LogP contribution in [0.2, 0.25) is 0 Å². The summed E-state index contributed by atoms with van der Waals surface area (Å²) in [5.41, 5.74) is 0.531. The van der Waals surface area contributed by atoms with Gasteiger partial charge in [-0.1, -0.05) is 0 Å². The third-order valence-electron chi connectivity index (χ3n) is 2.03. The minimum atomic E-state index is 0.372. The summed E-state index contributed by atoms with van der Waals surface area (Å²) in [6, 6.07) is 8.32. The largest absolute Gasteiger partial charge is 0.493 e. The quantitative estimate of drug-likeness (QED) is 0.740. The van der Waals surface area contributed by atoms with Crippen LogP contribution in [0, 0.1) is 0 Å². The van der Waals surface area contributed by atoms with Gasteiger partial charge in [-0.15, -0.1) is 0 Å². The van der Waals surface area contributed by atoms with Crippen LogP contribution in [0.3, 0.4) is 0 Å². The summed E-state index contributed by atoms with van der Waals surface area (Å²) < 4.78 is 15.6. The van der Waals surface area contributed by atoms with Gasteiger partial charge in [0.25, 0.3) is 5.95 Å². The lowest BCUT2D eigenvalue weighted by Gasteiger charge is -2.08. The van der Waals surface area contributed by atoms with E-state index in [0.29, 0.717) is 23.0 Å². The fourth-order valence-corrected chi connectivity index (χ4v) is 1.27. The number of methoxy groups -OCH3 is 1. The van der Waals surface area contributed by atoms with Crippen molar-refractivity contribution in [2.45, 2.75) is 0 Å².